The van der Waals surface area contributed by atoms with Crippen molar-refractivity contribution in [1.82, 2.24) is 14.3 Å². The van der Waals surface area contributed by atoms with E-state index in [2.05, 4.69) is 10.1 Å². The van der Waals surface area contributed by atoms with Gasteiger partial charge in [-0.1, -0.05) is 24.3 Å². The second-order valence-electron chi connectivity index (χ2n) is 6.49. The number of aromatic nitrogens is 3. The molecule has 30 heavy (non-hydrogen) atoms. The van der Waals surface area contributed by atoms with Gasteiger partial charge in [-0.25, -0.2) is 14.0 Å². The highest BCUT2D eigenvalue weighted by Gasteiger charge is 2.30. The number of methoxy groups -OCH3 is 1. The molecule has 0 radical (unpaired) electrons. The van der Waals surface area contributed by atoms with Crippen molar-refractivity contribution in [3.8, 4) is 11.7 Å². The van der Waals surface area contributed by atoms with E-state index in [9.17, 15) is 23.1 Å². The van der Waals surface area contributed by atoms with Crippen LogP contribution in [0.3, 0.4) is 0 Å². The third kappa shape index (κ3) is 4.28. The monoisotopic (exact) mass is 420 g/mol. The first-order chi connectivity index (χ1) is 14.1. The number of rotatable bonds is 5. The van der Waals surface area contributed by atoms with Crippen molar-refractivity contribution < 1.29 is 23.0 Å². The van der Waals surface area contributed by atoms with Crippen LogP contribution in [0.5, 0.6) is 6.01 Å². The molecule has 0 amide bonds. The first-order valence-electron chi connectivity index (χ1n) is 8.82. The van der Waals surface area contributed by atoms with Crippen LogP contribution in [0.25, 0.3) is 5.69 Å². The van der Waals surface area contributed by atoms with Gasteiger partial charge in [0.1, 0.15) is 0 Å². The van der Waals surface area contributed by atoms with Crippen LogP contribution in [0.4, 0.5) is 13.2 Å². The van der Waals surface area contributed by atoms with Crippen molar-refractivity contribution in [3.63, 3.8) is 0 Å². The highest BCUT2D eigenvalue weighted by atomic mass is 19.4. The molecule has 0 spiro atoms. The van der Waals surface area contributed by atoms with Crippen LogP contribution in [-0.2, 0) is 13.2 Å². The molecular weight excluding hydrogens is 401 g/mol. The number of aliphatic hydroxyl groups is 1. The average molecular weight is 420 g/mol. The fourth-order valence-corrected chi connectivity index (χ4v) is 2.87. The van der Waals surface area contributed by atoms with E-state index in [1.165, 1.54) is 43.8 Å². The van der Waals surface area contributed by atoms with E-state index in [0.717, 1.165) is 16.8 Å². The molecule has 0 fully saturated rings. The number of benzene rings is 2. The molecule has 0 saturated carbocycles. The minimum absolute atomic E-state index is 0.0674. The minimum atomic E-state index is -4.47. The van der Waals surface area contributed by atoms with Crippen LogP contribution in [0.2, 0.25) is 0 Å². The van der Waals surface area contributed by atoms with Crippen LogP contribution in [-0.4, -0.2) is 32.3 Å². The summed E-state index contributed by atoms with van der Waals surface area (Å²) in [4.78, 5) is 16.4. The number of alkyl halides is 3. The zero-order valence-corrected chi connectivity index (χ0v) is 16.4. The fraction of sp³-hybridized carbons (Fsp3) is 0.250. The van der Waals surface area contributed by atoms with Gasteiger partial charge in [0.2, 0.25) is 0 Å². The Kier molecular flexibility index (Phi) is 5.79. The van der Waals surface area contributed by atoms with Gasteiger partial charge in [0.15, 0.2) is 6.23 Å². The summed E-state index contributed by atoms with van der Waals surface area (Å²) in [5.41, 5.74) is -0.0263. The summed E-state index contributed by atoms with van der Waals surface area (Å²) in [7, 11) is 2.85. The van der Waals surface area contributed by atoms with Gasteiger partial charge >= 0.3 is 17.9 Å². The Morgan fingerprint density at radius 3 is 2.57 bits per heavy atom. The van der Waals surface area contributed by atoms with E-state index in [-0.39, 0.29) is 17.3 Å². The molecule has 3 rings (SSSR count). The summed E-state index contributed by atoms with van der Waals surface area (Å²) in [5.74, 6) is 0. The standard InChI is InChI=1S/C20H19F3N4O3/c1-12(13-6-4-8-15(10-13)20(21,22)23)24-17(28)14-7-5-9-16(11-14)27-18(30-3)25-26(2)19(27)29/h4-11,17,28H,1-3H3. The predicted octanol–water partition coefficient (Wildman–Crippen LogP) is 3.10. The summed E-state index contributed by atoms with van der Waals surface area (Å²) in [6, 6.07) is 11.1. The van der Waals surface area contributed by atoms with Crippen molar-refractivity contribution in [3.05, 3.63) is 75.7 Å². The Bertz CT molecular complexity index is 1150. The molecule has 0 aliphatic heterocycles. The number of halogens is 3. The number of aliphatic hydroxyl groups excluding tert-OH is 1. The topological polar surface area (TPSA) is 81.6 Å². The summed E-state index contributed by atoms with van der Waals surface area (Å²) in [5, 5.41) is 14.5. The zero-order valence-electron chi connectivity index (χ0n) is 16.4. The second-order valence-corrected chi connectivity index (χ2v) is 6.49. The SMILES string of the molecule is COc1nn(C)c(=O)n1-c1cccc(C(O)N=C(C)c2cccc(C(F)(F)F)c2)c1. The summed E-state index contributed by atoms with van der Waals surface area (Å²) in [6.45, 7) is 1.51. The Balaban J connectivity index is 1.94. The highest BCUT2D eigenvalue weighted by molar-refractivity contribution is 5.99. The molecule has 0 aliphatic carbocycles. The number of aryl methyl sites for hydroxylation is 1. The van der Waals surface area contributed by atoms with E-state index in [1.54, 1.807) is 18.2 Å². The first kappa shape index (κ1) is 21.3. The fourth-order valence-electron chi connectivity index (χ4n) is 2.87. The van der Waals surface area contributed by atoms with Crippen molar-refractivity contribution in [2.24, 2.45) is 12.0 Å². The number of nitrogens with zero attached hydrogens (tertiary/aromatic N) is 4. The lowest BCUT2D eigenvalue weighted by Crippen LogP contribution is -2.21. The lowest BCUT2D eigenvalue weighted by Gasteiger charge is -2.12. The van der Waals surface area contributed by atoms with Crippen LogP contribution < -0.4 is 10.4 Å². The van der Waals surface area contributed by atoms with Gasteiger partial charge in [0.25, 0.3) is 0 Å². The maximum absolute atomic E-state index is 12.9. The molecule has 0 bridgehead atoms. The molecule has 1 atom stereocenters. The molecule has 1 aromatic heterocycles. The molecule has 2 aromatic carbocycles. The highest BCUT2D eigenvalue weighted by Crippen LogP contribution is 2.30. The van der Waals surface area contributed by atoms with Gasteiger partial charge in [0, 0.05) is 18.3 Å². The normalized spacial score (nSPS) is 13.4. The van der Waals surface area contributed by atoms with E-state index in [0.29, 0.717) is 11.3 Å². The Labute approximate surface area is 169 Å². The van der Waals surface area contributed by atoms with Crippen LogP contribution >= 0.6 is 0 Å². The molecule has 3 aromatic rings. The molecule has 1 N–H and O–H groups in total. The molecule has 0 saturated heterocycles. The minimum Gasteiger partial charge on any atom is -0.467 e. The quantitative estimate of drug-likeness (QED) is 0.643. The van der Waals surface area contributed by atoms with Crippen LogP contribution in [0.15, 0.2) is 58.3 Å². The van der Waals surface area contributed by atoms with Gasteiger partial charge in [-0.3, -0.25) is 4.99 Å². The number of hydrogen-bond acceptors (Lipinski definition) is 5. The van der Waals surface area contributed by atoms with Crippen molar-refractivity contribution in [2.75, 3.05) is 7.11 Å². The zero-order chi connectivity index (χ0) is 22.1. The maximum Gasteiger partial charge on any atom is 0.416 e. The van der Waals surface area contributed by atoms with E-state index in [4.69, 9.17) is 4.74 Å². The van der Waals surface area contributed by atoms with Crippen LogP contribution in [0, 0.1) is 0 Å². The average Bonchev–Trinajstić information content (AvgIpc) is 3.01. The van der Waals surface area contributed by atoms with Crippen LogP contribution in [0.1, 0.15) is 29.8 Å². The van der Waals surface area contributed by atoms with E-state index in [1.807, 2.05) is 0 Å². The third-order valence-corrected chi connectivity index (χ3v) is 4.43. The van der Waals surface area contributed by atoms with Crippen molar-refractivity contribution in [1.29, 1.82) is 0 Å². The molecule has 1 unspecified atom stereocenters. The Morgan fingerprint density at radius 1 is 1.20 bits per heavy atom. The van der Waals surface area contributed by atoms with Crippen molar-refractivity contribution >= 4 is 5.71 Å². The molecule has 158 valence electrons. The predicted molar refractivity (Wildman–Crippen MR) is 104 cm³/mol. The van der Waals surface area contributed by atoms with Gasteiger partial charge in [-0.15, -0.1) is 5.10 Å². The Morgan fingerprint density at radius 2 is 1.90 bits per heavy atom. The van der Waals surface area contributed by atoms with Gasteiger partial charge < -0.3 is 9.84 Å². The smallest absolute Gasteiger partial charge is 0.416 e. The van der Waals surface area contributed by atoms with Gasteiger partial charge in [-0.05, 0) is 36.8 Å². The largest absolute Gasteiger partial charge is 0.467 e. The van der Waals surface area contributed by atoms with E-state index < -0.39 is 23.7 Å². The maximum atomic E-state index is 12.9. The second kappa shape index (κ2) is 8.15. The summed E-state index contributed by atoms with van der Waals surface area (Å²) >= 11 is 0. The molecule has 1 heterocycles. The summed E-state index contributed by atoms with van der Waals surface area (Å²) < 4.78 is 46.2. The van der Waals surface area contributed by atoms with Gasteiger partial charge in [-0.2, -0.15) is 13.2 Å². The Hall–Kier alpha value is -3.40. The van der Waals surface area contributed by atoms with Gasteiger partial charge in [0.05, 0.1) is 18.4 Å². The van der Waals surface area contributed by atoms with Crippen molar-refractivity contribution in [2.45, 2.75) is 19.3 Å². The molecule has 7 nitrogen and oxygen atoms in total. The number of ether oxygens (including phenoxy) is 1. The third-order valence-electron chi connectivity index (χ3n) is 4.43. The lowest BCUT2D eigenvalue weighted by molar-refractivity contribution is -0.137. The van der Waals surface area contributed by atoms with E-state index >= 15 is 0 Å². The molecular formula is C20H19F3N4O3. The molecule has 0 aliphatic rings. The number of hydrogen-bond donors (Lipinski definition) is 1. The number of aliphatic imine (C=N–C) groups is 1. The summed E-state index contributed by atoms with van der Waals surface area (Å²) in [6.07, 6.45) is -5.82. The lowest BCUT2D eigenvalue weighted by atomic mass is 10.1. The first-order valence-corrected chi connectivity index (χ1v) is 8.82. The molecule has 10 heteroatoms.